The van der Waals surface area contributed by atoms with Crippen molar-refractivity contribution in [2.45, 2.75) is 161 Å². The van der Waals surface area contributed by atoms with Gasteiger partial charge in [-0.25, -0.2) is 0 Å². The molecule has 6 nitrogen and oxygen atoms in total. The van der Waals surface area contributed by atoms with Crippen molar-refractivity contribution in [1.82, 2.24) is 0 Å². The molecule has 52 heavy (non-hydrogen) atoms. The van der Waals surface area contributed by atoms with Crippen LogP contribution in [0, 0.1) is 75.9 Å². The molecule has 0 amide bonds. The molecule has 0 bridgehead atoms. The molecule has 8 rings (SSSR count). The van der Waals surface area contributed by atoms with Crippen molar-refractivity contribution in [1.29, 1.82) is 0 Å². The van der Waals surface area contributed by atoms with E-state index in [0.29, 0.717) is 84.6 Å². The van der Waals surface area contributed by atoms with Gasteiger partial charge in [0, 0.05) is 36.5 Å². The number of carbonyl (C=O) groups excluding carboxylic acids is 4. The second-order valence-corrected chi connectivity index (χ2v) is 19.3. The number of ether oxygens (including phenoxy) is 2. The summed E-state index contributed by atoms with van der Waals surface area (Å²) in [7, 11) is 0. The molecule has 13 atom stereocenters. The van der Waals surface area contributed by atoms with Crippen LogP contribution < -0.4 is 0 Å². The first-order valence-electron chi connectivity index (χ1n) is 21.2. The Balaban J connectivity index is 0.864. The molecule has 8 aliphatic carbocycles. The molecule has 0 radical (unpaired) electrons. The maximum atomic E-state index is 13.5. The summed E-state index contributed by atoms with van der Waals surface area (Å²) in [5, 5.41) is 0. The normalized spacial score (nSPS) is 46.2. The van der Waals surface area contributed by atoms with Crippen molar-refractivity contribution >= 4 is 23.5 Å². The molecule has 0 aromatic rings. The van der Waals surface area contributed by atoms with Crippen LogP contribution in [0.25, 0.3) is 0 Å². The van der Waals surface area contributed by atoms with E-state index >= 15 is 0 Å². The Labute approximate surface area is 312 Å². The summed E-state index contributed by atoms with van der Waals surface area (Å²) in [6, 6.07) is 0. The van der Waals surface area contributed by atoms with Crippen molar-refractivity contribution < 1.29 is 28.7 Å². The first-order valence-corrected chi connectivity index (χ1v) is 21.2. The Morgan fingerprint density at radius 3 is 2.38 bits per heavy atom. The van der Waals surface area contributed by atoms with Gasteiger partial charge in [-0.05, 0) is 161 Å². The molecule has 0 heterocycles. The Kier molecular flexibility index (Phi) is 9.26. The van der Waals surface area contributed by atoms with Crippen molar-refractivity contribution in [2.75, 3.05) is 0 Å². The van der Waals surface area contributed by atoms with Crippen LogP contribution in [-0.4, -0.2) is 35.2 Å². The summed E-state index contributed by atoms with van der Waals surface area (Å²) in [6.45, 7) is 9.40. The molecule has 0 saturated heterocycles. The van der Waals surface area contributed by atoms with Crippen molar-refractivity contribution in [2.24, 2.45) is 63.6 Å². The number of rotatable bonds is 7. The Bertz CT molecular complexity index is 1610. The van der Waals surface area contributed by atoms with E-state index in [1.165, 1.54) is 11.1 Å². The third-order valence-corrected chi connectivity index (χ3v) is 17.5. The molecule has 8 aliphatic rings. The van der Waals surface area contributed by atoms with Gasteiger partial charge in [-0.1, -0.05) is 44.8 Å². The van der Waals surface area contributed by atoms with E-state index in [2.05, 4.69) is 33.6 Å². The molecular weight excluding hydrogens is 649 g/mol. The van der Waals surface area contributed by atoms with Crippen molar-refractivity contribution in [3.05, 3.63) is 23.3 Å². The number of allylic oxidation sites excluding steroid dienone is 2. The third kappa shape index (κ3) is 5.46. The number of carbonyl (C=O) groups is 4. The van der Waals surface area contributed by atoms with Gasteiger partial charge in [0.2, 0.25) is 0 Å². The Hall–Kier alpha value is -2.68. The highest BCUT2D eigenvalue weighted by molar-refractivity contribution is 5.92. The summed E-state index contributed by atoms with van der Waals surface area (Å²) in [5.74, 6) is 7.54. The number of esters is 2. The van der Waals surface area contributed by atoms with Gasteiger partial charge in [0.25, 0.3) is 0 Å². The quantitative estimate of drug-likeness (QED) is 0.193. The number of terminal acetylenes is 1. The van der Waals surface area contributed by atoms with Gasteiger partial charge in [-0.3, -0.25) is 19.2 Å². The van der Waals surface area contributed by atoms with Crippen LogP contribution in [0.4, 0.5) is 0 Å². The van der Waals surface area contributed by atoms with E-state index in [1.54, 1.807) is 0 Å². The SMILES string of the molecule is C#CC1(OC(=O)CCCC(=O)OC2CCC3C4C(C)CC5=CC(=O)CCC5(C)C4CCC23C)CCC2C3CCC4=CC(=O)CCC4C3CCC21CC. The van der Waals surface area contributed by atoms with Crippen LogP contribution in [0.1, 0.15) is 150 Å². The van der Waals surface area contributed by atoms with Crippen LogP contribution >= 0.6 is 0 Å². The van der Waals surface area contributed by atoms with Crippen LogP contribution in [-0.2, 0) is 28.7 Å². The molecule has 0 aromatic carbocycles. The maximum Gasteiger partial charge on any atom is 0.307 e. The fourth-order valence-corrected chi connectivity index (χ4v) is 15.0. The zero-order valence-corrected chi connectivity index (χ0v) is 32.3. The highest BCUT2D eigenvalue weighted by atomic mass is 16.6. The Morgan fingerprint density at radius 1 is 0.827 bits per heavy atom. The van der Waals surface area contributed by atoms with Crippen LogP contribution in [0.15, 0.2) is 23.3 Å². The minimum absolute atomic E-state index is 0.0254. The number of hydrogen-bond donors (Lipinski definition) is 0. The molecule has 0 aromatic heterocycles. The highest BCUT2D eigenvalue weighted by Crippen LogP contribution is 2.68. The average molecular weight is 711 g/mol. The van der Waals surface area contributed by atoms with Gasteiger partial charge < -0.3 is 9.47 Å². The number of ketones is 2. The van der Waals surface area contributed by atoms with Gasteiger partial charge in [0.15, 0.2) is 17.2 Å². The van der Waals surface area contributed by atoms with E-state index in [0.717, 1.165) is 83.5 Å². The van der Waals surface area contributed by atoms with Gasteiger partial charge in [-0.15, -0.1) is 6.42 Å². The van der Waals surface area contributed by atoms with Gasteiger partial charge >= 0.3 is 11.9 Å². The molecule has 0 spiro atoms. The van der Waals surface area contributed by atoms with Gasteiger partial charge in [0.05, 0.1) is 0 Å². The average Bonchev–Trinajstić information content (AvgIpc) is 3.63. The molecule has 0 N–H and O–H groups in total. The summed E-state index contributed by atoms with van der Waals surface area (Å²) in [6.07, 6.45) is 26.2. The largest absolute Gasteiger partial charge is 0.462 e. The molecule has 282 valence electrons. The summed E-state index contributed by atoms with van der Waals surface area (Å²) >= 11 is 0. The topological polar surface area (TPSA) is 86.7 Å². The maximum absolute atomic E-state index is 13.5. The minimum atomic E-state index is -0.892. The van der Waals surface area contributed by atoms with E-state index in [9.17, 15) is 19.2 Å². The van der Waals surface area contributed by atoms with Crippen molar-refractivity contribution in [3.8, 4) is 12.3 Å². The lowest BCUT2D eigenvalue weighted by molar-refractivity contribution is -0.173. The van der Waals surface area contributed by atoms with E-state index in [1.807, 2.05) is 12.2 Å². The van der Waals surface area contributed by atoms with Gasteiger partial charge in [0.1, 0.15) is 6.10 Å². The lowest BCUT2D eigenvalue weighted by Gasteiger charge is -2.59. The predicted molar refractivity (Wildman–Crippen MR) is 199 cm³/mol. The molecule has 13 unspecified atom stereocenters. The fourth-order valence-electron chi connectivity index (χ4n) is 15.0. The monoisotopic (exact) mass is 710 g/mol. The van der Waals surface area contributed by atoms with Crippen LogP contribution in [0.3, 0.4) is 0 Å². The summed E-state index contributed by atoms with van der Waals surface area (Å²) in [5.41, 5.74) is 1.76. The lowest BCUT2D eigenvalue weighted by Crippen LogP contribution is -2.55. The lowest BCUT2D eigenvalue weighted by atomic mass is 9.45. The van der Waals surface area contributed by atoms with E-state index in [-0.39, 0.29) is 47.1 Å². The first kappa shape index (κ1) is 36.3. The smallest absolute Gasteiger partial charge is 0.307 e. The van der Waals surface area contributed by atoms with Crippen LogP contribution in [0.2, 0.25) is 0 Å². The standard InChI is InChI=1S/C46H62O6/c1-6-45-23-18-34-33-14-12-31(47)26-29(33)11-13-35(34)36(45)20-24-46(45,7-2)52-41(50)10-8-9-40(49)51-39-16-15-37-42-28(3)25-30-27-32(48)17-21-43(30,4)38(42)19-22-44(37,39)5/h2,26-28,33-39,42H,6,8-25H2,1,3-5H3. The number of fused-ring (bicyclic) bond motifs is 10. The fraction of sp³-hybridized carbons (Fsp3) is 0.783. The molecule has 6 saturated carbocycles. The zero-order valence-electron chi connectivity index (χ0n) is 32.3. The minimum Gasteiger partial charge on any atom is -0.462 e. The Morgan fingerprint density at radius 2 is 1.60 bits per heavy atom. The number of hydrogen-bond acceptors (Lipinski definition) is 6. The summed E-state index contributed by atoms with van der Waals surface area (Å²) in [4.78, 5) is 51.4. The molecule has 6 fully saturated rings. The summed E-state index contributed by atoms with van der Waals surface area (Å²) < 4.78 is 12.7. The van der Waals surface area contributed by atoms with E-state index < -0.39 is 5.60 Å². The van der Waals surface area contributed by atoms with E-state index in [4.69, 9.17) is 15.9 Å². The van der Waals surface area contributed by atoms with Crippen LogP contribution in [0.5, 0.6) is 0 Å². The molecule has 6 heteroatoms. The second kappa shape index (κ2) is 13.3. The third-order valence-electron chi connectivity index (χ3n) is 17.5. The van der Waals surface area contributed by atoms with Gasteiger partial charge in [-0.2, -0.15) is 0 Å². The highest BCUT2D eigenvalue weighted by Gasteiger charge is 2.66. The second-order valence-electron chi connectivity index (χ2n) is 19.3. The zero-order chi connectivity index (χ0) is 36.6. The first-order chi connectivity index (χ1) is 24.9. The molecular formula is C46H62O6. The van der Waals surface area contributed by atoms with Crippen molar-refractivity contribution in [3.63, 3.8) is 0 Å². The predicted octanol–water partition coefficient (Wildman–Crippen LogP) is 9.29. The molecule has 0 aliphatic heterocycles.